The maximum absolute atomic E-state index is 5.36. The zero-order valence-corrected chi connectivity index (χ0v) is 9.17. The van der Waals surface area contributed by atoms with Gasteiger partial charge in [0.2, 0.25) is 0 Å². The summed E-state index contributed by atoms with van der Waals surface area (Å²) in [6.45, 7) is 5.63. The third-order valence-electron chi connectivity index (χ3n) is 3.40. The zero-order valence-electron chi connectivity index (χ0n) is 9.17. The molecule has 0 amide bonds. The van der Waals surface area contributed by atoms with E-state index in [-0.39, 0.29) is 0 Å². The highest BCUT2D eigenvalue weighted by molar-refractivity contribution is 4.79. The van der Waals surface area contributed by atoms with E-state index in [4.69, 9.17) is 4.74 Å². The van der Waals surface area contributed by atoms with Gasteiger partial charge in [0.1, 0.15) is 0 Å². The van der Waals surface area contributed by atoms with E-state index in [9.17, 15) is 0 Å². The molecule has 0 aromatic carbocycles. The Labute approximate surface area is 86.8 Å². The van der Waals surface area contributed by atoms with Gasteiger partial charge >= 0.3 is 0 Å². The lowest BCUT2D eigenvalue weighted by molar-refractivity contribution is 0.184. The fraction of sp³-hybridized carbons (Fsp3) is 1.00. The lowest BCUT2D eigenvalue weighted by atomic mass is 10.1. The number of rotatable bonds is 4. The number of likely N-dealkylation sites (tertiary alicyclic amines) is 1. The average Bonchev–Trinajstić information content (AvgIpc) is 2.77. The van der Waals surface area contributed by atoms with E-state index in [0.29, 0.717) is 0 Å². The molecule has 0 saturated carbocycles. The molecular weight excluding hydrogens is 176 g/mol. The molecule has 14 heavy (non-hydrogen) atoms. The van der Waals surface area contributed by atoms with Crippen molar-refractivity contribution in [2.24, 2.45) is 5.92 Å². The first-order valence-electron chi connectivity index (χ1n) is 5.84. The van der Waals surface area contributed by atoms with Crippen molar-refractivity contribution >= 4 is 0 Å². The second-order valence-corrected chi connectivity index (χ2v) is 4.72. The van der Waals surface area contributed by atoms with E-state index in [1.54, 1.807) is 0 Å². The maximum atomic E-state index is 5.36. The minimum absolute atomic E-state index is 0.738. The Balaban J connectivity index is 1.54. The second-order valence-electron chi connectivity index (χ2n) is 4.72. The van der Waals surface area contributed by atoms with Crippen molar-refractivity contribution in [3.63, 3.8) is 0 Å². The topological polar surface area (TPSA) is 24.5 Å². The van der Waals surface area contributed by atoms with Crippen molar-refractivity contribution in [1.82, 2.24) is 10.2 Å². The van der Waals surface area contributed by atoms with Gasteiger partial charge in [0.05, 0.1) is 0 Å². The maximum Gasteiger partial charge on any atom is 0.0495 e. The second kappa shape index (κ2) is 5.10. The molecule has 0 radical (unpaired) electrons. The predicted molar refractivity (Wildman–Crippen MR) is 57.4 cm³/mol. The molecule has 1 N–H and O–H groups in total. The average molecular weight is 198 g/mol. The van der Waals surface area contributed by atoms with Crippen LogP contribution in [0, 0.1) is 5.92 Å². The SMILES string of the molecule is CN1CCC(NCCC2CCOC2)C1. The highest BCUT2D eigenvalue weighted by Crippen LogP contribution is 2.15. The molecule has 0 aromatic heterocycles. The van der Waals surface area contributed by atoms with Crippen LogP contribution in [0.4, 0.5) is 0 Å². The normalized spacial score (nSPS) is 34.1. The first-order valence-corrected chi connectivity index (χ1v) is 5.84. The van der Waals surface area contributed by atoms with Crippen LogP contribution in [-0.4, -0.2) is 50.8 Å². The summed E-state index contributed by atoms with van der Waals surface area (Å²) in [5.74, 6) is 0.821. The molecule has 3 heteroatoms. The Kier molecular flexibility index (Phi) is 3.79. The van der Waals surface area contributed by atoms with Crippen LogP contribution in [0.5, 0.6) is 0 Å². The van der Waals surface area contributed by atoms with Crippen molar-refractivity contribution < 1.29 is 4.74 Å². The molecular formula is C11H22N2O. The summed E-state index contributed by atoms with van der Waals surface area (Å²) in [6, 6.07) is 0.738. The minimum Gasteiger partial charge on any atom is -0.381 e. The molecule has 0 aromatic rings. The number of nitrogens with one attached hydrogen (secondary N) is 1. The van der Waals surface area contributed by atoms with Gasteiger partial charge in [-0.05, 0) is 45.3 Å². The lowest BCUT2D eigenvalue weighted by Crippen LogP contribution is -2.33. The van der Waals surface area contributed by atoms with Gasteiger partial charge in [-0.1, -0.05) is 0 Å². The summed E-state index contributed by atoms with van der Waals surface area (Å²) in [5.41, 5.74) is 0. The molecule has 2 saturated heterocycles. The summed E-state index contributed by atoms with van der Waals surface area (Å²) < 4.78 is 5.36. The smallest absolute Gasteiger partial charge is 0.0495 e. The number of hydrogen-bond acceptors (Lipinski definition) is 3. The van der Waals surface area contributed by atoms with Gasteiger partial charge in [0.25, 0.3) is 0 Å². The van der Waals surface area contributed by atoms with E-state index in [1.165, 1.54) is 38.9 Å². The Bertz CT molecular complexity index is 169. The Morgan fingerprint density at radius 3 is 3.00 bits per heavy atom. The van der Waals surface area contributed by atoms with Crippen molar-refractivity contribution in [2.75, 3.05) is 39.9 Å². The standard InChI is InChI=1S/C11H22N2O/c1-13-6-3-11(8-13)12-5-2-10-4-7-14-9-10/h10-12H,2-9H2,1H3. The summed E-state index contributed by atoms with van der Waals surface area (Å²) in [6.07, 6.45) is 3.88. The van der Waals surface area contributed by atoms with Gasteiger partial charge in [-0.3, -0.25) is 0 Å². The monoisotopic (exact) mass is 198 g/mol. The van der Waals surface area contributed by atoms with Crippen molar-refractivity contribution in [2.45, 2.75) is 25.3 Å². The zero-order chi connectivity index (χ0) is 9.80. The number of likely N-dealkylation sites (N-methyl/N-ethyl adjacent to an activating group) is 1. The molecule has 3 nitrogen and oxygen atoms in total. The highest BCUT2D eigenvalue weighted by atomic mass is 16.5. The quantitative estimate of drug-likeness (QED) is 0.720. The Morgan fingerprint density at radius 1 is 1.43 bits per heavy atom. The molecule has 2 rings (SSSR count). The molecule has 82 valence electrons. The van der Waals surface area contributed by atoms with E-state index < -0.39 is 0 Å². The fourth-order valence-electron chi connectivity index (χ4n) is 2.40. The summed E-state index contributed by atoms with van der Waals surface area (Å²) in [5, 5.41) is 3.64. The number of nitrogens with zero attached hydrogens (tertiary/aromatic N) is 1. The van der Waals surface area contributed by atoms with Gasteiger partial charge in [0.15, 0.2) is 0 Å². The van der Waals surface area contributed by atoms with Crippen molar-refractivity contribution in [3.05, 3.63) is 0 Å². The summed E-state index contributed by atoms with van der Waals surface area (Å²) in [7, 11) is 2.20. The first kappa shape index (κ1) is 10.4. The van der Waals surface area contributed by atoms with Crippen LogP contribution >= 0.6 is 0 Å². The number of hydrogen-bond donors (Lipinski definition) is 1. The van der Waals surface area contributed by atoms with Gasteiger partial charge in [0, 0.05) is 25.8 Å². The lowest BCUT2D eigenvalue weighted by Gasteiger charge is -2.14. The molecule has 2 atom stereocenters. The van der Waals surface area contributed by atoms with E-state index in [1.807, 2.05) is 0 Å². The van der Waals surface area contributed by atoms with Crippen LogP contribution in [0.25, 0.3) is 0 Å². The van der Waals surface area contributed by atoms with Gasteiger partial charge < -0.3 is 15.0 Å². The van der Waals surface area contributed by atoms with E-state index >= 15 is 0 Å². The molecule has 2 heterocycles. The van der Waals surface area contributed by atoms with Crippen molar-refractivity contribution in [1.29, 1.82) is 0 Å². The van der Waals surface area contributed by atoms with Crippen LogP contribution in [0.2, 0.25) is 0 Å². The van der Waals surface area contributed by atoms with Crippen LogP contribution in [0.15, 0.2) is 0 Å². The van der Waals surface area contributed by atoms with Crippen LogP contribution in [0.3, 0.4) is 0 Å². The van der Waals surface area contributed by atoms with Crippen LogP contribution in [-0.2, 0) is 4.74 Å². The molecule has 0 spiro atoms. The van der Waals surface area contributed by atoms with Gasteiger partial charge in [-0.25, -0.2) is 0 Å². The summed E-state index contributed by atoms with van der Waals surface area (Å²) >= 11 is 0. The minimum atomic E-state index is 0.738. The predicted octanol–water partition coefficient (Wildman–Crippen LogP) is 0.707. The number of ether oxygens (including phenoxy) is 1. The third kappa shape index (κ3) is 2.94. The largest absolute Gasteiger partial charge is 0.381 e. The Morgan fingerprint density at radius 2 is 2.36 bits per heavy atom. The molecule has 2 aliphatic rings. The van der Waals surface area contributed by atoms with E-state index in [0.717, 1.165) is 25.2 Å². The highest BCUT2D eigenvalue weighted by Gasteiger charge is 2.20. The van der Waals surface area contributed by atoms with Gasteiger partial charge in [-0.2, -0.15) is 0 Å². The molecule has 0 bridgehead atoms. The Hall–Kier alpha value is -0.120. The van der Waals surface area contributed by atoms with Crippen molar-refractivity contribution in [3.8, 4) is 0 Å². The van der Waals surface area contributed by atoms with Gasteiger partial charge in [-0.15, -0.1) is 0 Å². The molecule has 2 unspecified atom stereocenters. The summed E-state index contributed by atoms with van der Waals surface area (Å²) in [4.78, 5) is 2.40. The molecule has 2 aliphatic heterocycles. The third-order valence-corrected chi connectivity index (χ3v) is 3.40. The molecule has 0 aliphatic carbocycles. The van der Waals surface area contributed by atoms with E-state index in [2.05, 4.69) is 17.3 Å². The fourth-order valence-corrected chi connectivity index (χ4v) is 2.40. The van der Waals surface area contributed by atoms with Crippen LogP contribution < -0.4 is 5.32 Å². The first-order chi connectivity index (χ1) is 6.84. The molecule has 2 fully saturated rings. The van der Waals surface area contributed by atoms with Crippen LogP contribution in [0.1, 0.15) is 19.3 Å².